The van der Waals surface area contributed by atoms with E-state index in [1.54, 1.807) is 11.3 Å². The summed E-state index contributed by atoms with van der Waals surface area (Å²) < 4.78 is 6.96. The lowest BCUT2D eigenvalue weighted by molar-refractivity contribution is 0.269. The number of para-hydroxylation sites is 1. The van der Waals surface area contributed by atoms with Gasteiger partial charge in [-0.3, -0.25) is 4.90 Å². The minimum Gasteiger partial charge on any atom is -0.423 e. The smallest absolute Gasteiger partial charge is 0.230 e. The van der Waals surface area contributed by atoms with Gasteiger partial charge >= 0.3 is 0 Å². The van der Waals surface area contributed by atoms with E-state index in [0.29, 0.717) is 18.3 Å². The van der Waals surface area contributed by atoms with Gasteiger partial charge in [0.1, 0.15) is 5.01 Å². The van der Waals surface area contributed by atoms with Crippen molar-refractivity contribution in [3.05, 3.63) is 41.1 Å². The largest absolute Gasteiger partial charge is 0.423 e. The van der Waals surface area contributed by atoms with Gasteiger partial charge < -0.3 is 4.42 Å². The van der Waals surface area contributed by atoms with Crippen LogP contribution in [0, 0.1) is 0 Å². The van der Waals surface area contributed by atoms with Crippen molar-refractivity contribution >= 4 is 21.6 Å². The second kappa shape index (κ2) is 5.78. The third-order valence-electron chi connectivity index (χ3n) is 3.26. The predicted molar refractivity (Wildman–Crippen MR) is 87.8 cm³/mol. The molecule has 6 heteroatoms. The first kappa shape index (κ1) is 15.1. The van der Waals surface area contributed by atoms with E-state index in [4.69, 9.17) is 4.42 Å². The first-order chi connectivity index (χ1) is 10.4. The number of fused-ring (bicyclic) bond motifs is 1. The van der Waals surface area contributed by atoms with Gasteiger partial charge in [0.15, 0.2) is 0 Å². The molecule has 2 heterocycles. The van der Waals surface area contributed by atoms with Crippen LogP contribution in [0.15, 0.2) is 28.7 Å². The molecule has 0 bridgehead atoms. The van der Waals surface area contributed by atoms with E-state index < -0.39 is 0 Å². The van der Waals surface area contributed by atoms with Crippen molar-refractivity contribution in [1.29, 1.82) is 0 Å². The van der Waals surface area contributed by atoms with Gasteiger partial charge in [-0.15, -0.1) is 21.5 Å². The highest BCUT2D eigenvalue weighted by atomic mass is 32.1. The second-order valence-electron chi connectivity index (χ2n) is 6.50. The molecule has 0 atom stereocenters. The maximum absolute atomic E-state index is 5.73. The third-order valence-corrected chi connectivity index (χ3v) is 4.28. The minimum absolute atomic E-state index is 0.114. The van der Waals surface area contributed by atoms with Crippen LogP contribution >= 0.6 is 11.3 Å². The first-order valence-corrected chi connectivity index (χ1v) is 8.09. The van der Waals surface area contributed by atoms with Gasteiger partial charge in [0.05, 0.1) is 23.3 Å². The van der Waals surface area contributed by atoms with Gasteiger partial charge in [0.25, 0.3) is 0 Å². The van der Waals surface area contributed by atoms with Crippen molar-refractivity contribution in [3.8, 4) is 0 Å². The fraction of sp³-hybridized carbons (Fsp3) is 0.438. The lowest BCUT2D eigenvalue weighted by Crippen LogP contribution is -2.17. The number of hydrogen-bond acceptors (Lipinski definition) is 6. The van der Waals surface area contributed by atoms with Crippen molar-refractivity contribution in [2.24, 2.45) is 0 Å². The third kappa shape index (κ3) is 3.34. The van der Waals surface area contributed by atoms with Crippen molar-refractivity contribution in [2.75, 3.05) is 7.05 Å². The Morgan fingerprint density at radius 3 is 2.59 bits per heavy atom. The van der Waals surface area contributed by atoms with Crippen LogP contribution in [0.1, 0.15) is 37.6 Å². The van der Waals surface area contributed by atoms with Crippen LogP contribution < -0.4 is 0 Å². The Morgan fingerprint density at radius 2 is 1.91 bits per heavy atom. The van der Waals surface area contributed by atoms with E-state index in [-0.39, 0.29) is 5.41 Å². The molecular weight excluding hydrogens is 296 g/mol. The van der Waals surface area contributed by atoms with Crippen LogP contribution in [0.5, 0.6) is 0 Å². The van der Waals surface area contributed by atoms with Crippen molar-refractivity contribution in [2.45, 2.75) is 39.3 Å². The van der Waals surface area contributed by atoms with Gasteiger partial charge in [-0.1, -0.05) is 32.9 Å². The monoisotopic (exact) mass is 316 g/mol. The Balaban J connectivity index is 1.67. The van der Waals surface area contributed by atoms with E-state index in [1.165, 1.54) is 4.70 Å². The Kier molecular flexibility index (Phi) is 3.97. The van der Waals surface area contributed by atoms with Crippen molar-refractivity contribution in [1.82, 2.24) is 20.1 Å². The molecule has 0 saturated heterocycles. The summed E-state index contributed by atoms with van der Waals surface area (Å²) in [5.74, 6) is 1.32. The Bertz CT molecular complexity index is 739. The molecule has 0 aliphatic rings. The molecular formula is C16H20N4OS. The minimum atomic E-state index is -0.114. The van der Waals surface area contributed by atoms with Crippen LogP contribution in [-0.2, 0) is 18.5 Å². The van der Waals surface area contributed by atoms with E-state index in [0.717, 1.165) is 17.1 Å². The Labute approximate surface area is 134 Å². The summed E-state index contributed by atoms with van der Waals surface area (Å²) >= 11 is 1.73. The maximum Gasteiger partial charge on any atom is 0.230 e. The molecule has 0 saturated carbocycles. The fourth-order valence-electron chi connectivity index (χ4n) is 2.13. The highest BCUT2D eigenvalue weighted by Gasteiger charge is 2.21. The van der Waals surface area contributed by atoms with Crippen LogP contribution in [0.2, 0.25) is 0 Å². The van der Waals surface area contributed by atoms with E-state index in [2.05, 4.69) is 46.9 Å². The van der Waals surface area contributed by atoms with Crippen LogP contribution in [0.3, 0.4) is 0 Å². The van der Waals surface area contributed by atoms with Crippen LogP contribution in [0.4, 0.5) is 0 Å². The van der Waals surface area contributed by atoms with Gasteiger partial charge in [-0.05, 0) is 19.2 Å². The summed E-state index contributed by atoms with van der Waals surface area (Å²) in [4.78, 5) is 6.79. The van der Waals surface area contributed by atoms with Crippen molar-refractivity contribution < 1.29 is 4.42 Å². The van der Waals surface area contributed by atoms with Gasteiger partial charge in [0.2, 0.25) is 11.8 Å². The first-order valence-electron chi connectivity index (χ1n) is 7.28. The molecule has 5 nitrogen and oxygen atoms in total. The summed E-state index contributed by atoms with van der Waals surface area (Å²) in [7, 11) is 2.03. The number of rotatable bonds is 4. The van der Waals surface area contributed by atoms with Gasteiger partial charge in [-0.25, -0.2) is 4.98 Å². The fourth-order valence-corrected chi connectivity index (χ4v) is 3.17. The molecule has 3 rings (SSSR count). The number of hydrogen-bond donors (Lipinski definition) is 0. The molecule has 0 radical (unpaired) electrons. The lowest BCUT2D eigenvalue weighted by Gasteiger charge is -2.13. The van der Waals surface area contributed by atoms with Gasteiger partial charge in [-0.2, -0.15) is 0 Å². The quantitative estimate of drug-likeness (QED) is 0.736. The zero-order valence-corrected chi connectivity index (χ0v) is 14.1. The summed E-state index contributed by atoms with van der Waals surface area (Å²) in [5.41, 5.74) is 0.945. The number of thiazole rings is 1. The molecule has 0 aliphatic carbocycles. The van der Waals surface area contributed by atoms with Crippen LogP contribution in [0.25, 0.3) is 10.2 Å². The highest BCUT2D eigenvalue weighted by Crippen LogP contribution is 2.23. The molecule has 1 aromatic carbocycles. The molecule has 0 fully saturated rings. The van der Waals surface area contributed by atoms with E-state index in [1.807, 2.05) is 25.2 Å². The molecule has 0 N–H and O–H groups in total. The molecule has 3 aromatic rings. The number of nitrogens with zero attached hydrogens (tertiary/aromatic N) is 4. The molecule has 0 spiro atoms. The topological polar surface area (TPSA) is 55.1 Å². The number of aromatic nitrogens is 3. The highest BCUT2D eigenvalue weighted by molar-refractivity contribution is 7.18. The molecule has 116 valence electrons. The summed E-state index contributed by atoms with van der Waals surface area (Å²) in [5, 5.41) is 9.35. The summed E-state index contributed by atoms with van der Waals surface area (Å²) in [6.45, 7) is 7.59. The predicted octanol–water partition coefficient (Wildman–Crippen LogP) is 3.61. The lowest BCUT2D eigenvalue weighted by atomic mass is 9.97. The second-order valence-corrected chi connectivity index (χ2v) is 7.61. The van der Waals surface area contributed by atoms with Crippen molar-refractivity contribution in [3.63, 3.8) is 0 Å². The SMILES string of the molecule is CN(Cc1nnc(C(C)(C)C)o1)Cc1nc2ccccc2s1. The normalized spacial score (nSPS) is 12.4. The zero-order valence-electron chi connectivity index (χ0n) is 13.3. The summed E-state index contributed by atoms with van der Waals surface area (Å²) in [6.07, 6.45) is 0. The average molecular weight is 316 g/mol. The molecule has 0 amide bonds. The van der Waals surface area contributed by atoms with E-state index in [9.17, 15) is 0 Å². The summed E-state index contributed by atoms with van der Waals surface area (Å²) in [6, 6.07) is 8.20. The van der Waals surface area contributed by atoms with Crippen LogP contribution in [-0.4, -0.2) is 27.1 Å². The van der Waals surface area contributed by atoms with E-state index >= 15 is 0 Å². The molecule has 22 heavy (non-hydrogen) atoms. The maximum atomic E-state index is 5.73. The zero-order chi connectivity index (χ0) is 15.7. The molecule has 0 unspecified atom stereocenters. The average Bonchev–Trinajstić information content (AvgIpc) is 3.03. The number of benzene rings is 1. The molecule has 2 aromatic heterocycles. The Morgan fingerprint density at radius 1 is 1.14 bits per heavy atom. The Hall–Kier alpha value is -1.79. The molecule has 0 aliphatic heterocycles. The van der Waals surface area contributed by atoms with Gasteiger partial charge in [0, 0.05) is 5.41 Å². The standard InChI is InChI=1S/C16H20N4OS/c1-16(2,3)15-19-18-13(21-15)9-20(4)10-14-17-11-7-5-6-8-12(11)22-14/h5-8H,9-10H2,1-4H3.